The lowest BCUT2D eigenvalue weighted by Gasteiger charge is -2.22. The molecular formula is C14H22N2O3. The summed E-state index contributed by atoms with van der Waals surface area (Å²) >= 11 is 0. The van der Waals surface area contributed by atoms with Gasteiger partial charge in [-0.15, -0.1) is 0 Å². The second-order valence-electron chi connectivity index (χ2n) is 4.59. The number of benzene rings is 1. The lowest BCUT2D eigenvalue weighted by atomic mass is 10.1. The quantitative estimate of drug-likeness (QED) is 0.810. The van der Waals surface area contributed by atoms with E-state index in [1.807, 2.05) is 25.1 Å². The molecule has 0 aliphatic heterocycles. The van der Waals surface area contributed by atoms with Gasteiger partial charge in [-0.3, -0.25) is 4.79 Å². The molecule has 19 heavy (non-hydrogen) atoms. The predicted molar refractivity (Wildman–Crippen MR) is 75.6 cm³/mol. The molecule has 0 heterocycles. The van der Waals surface area contributed by atoms with Crippen LogP contribution in [0.25, 0.3) is 0 Å². The van der Waals surface area contributed by atoms with Gasteiger partial charge in [0.05, 0.1) is 18.3 Å². The Morgan fingerprint density at radius 2 is 2.21 bits per heavy atom. The summed E-state index contributed by atoms with van der Waals surface area (Å²) in [5, 5.41) is 12.7. The molecule has 1 amide bonds. The first kappa shape index (κ1) is 15.5. The Hall–Kier alpha value is -1.59. The zero-order chi connectivity index (χ0) is 14.4. The second-order valence-corrected chi connectivity index (χ2v) is 4.59. The third-order valence-electron chi connectivity index (χ3n) is 2.87. The van der Waals surface area contributed by atoms with Crippen LogP contribution >= 0.6 is 0 Å². The topological polar surface area (TPSA) is 61.8 Å². The van der Waals surface area contributed by atoms with Gasteiger partial charge in [-0.1, -0.05) is 11.6 Å². The van der Waals surface area contributed by atoms with Gasteiger partial charge in [0.2, 0.25) is 0 Å². The highest BCUT2D eigenvalue weighted by atomic mass is 16.5. The smallest absolute Gasteiger partial charge is 0.255 e. The van der Waals surface area contributed by atoms with Gasteiger partial charge >= 0.3 is 0 Å². The Balaban J connectivity index is 2.84. The number of aliphatic hydroxyl groups is 1. The molecule has 0 fully saturated rings. The van der Waals surface area contributed by atoms with E-state index in [2.05, 4.69) is 5.32 Å². The lowest BCUT2D eigenvalue weighted by molar-refractivity contribution is 0.0380. The number of carbonyl (C=O) groups excluding carboxylic acids is 1. The van der Waals surface area contributed by atoms with Crippen molar-refractivity contribution in [2.45, 2.75) is 13.0 Å². The van der Waals surface area contributed by atoms with Crippen molar-refractivity contribution < 1.29 is 14.6 Å². The van der Waals surface area contributed by atoms with Crippen LogP contribution in [0.15, 0.2) is 18.2 Å². The number of nitrogens with one attached hydrogen (secondary N) is 1. The first-order valence-corrected chi connectivity index (χ1v) is 6.20. The van der Waals surface area contributed by atoms with Gasteiger partial charge in [-0.2, -0.15) is 0 Å². The molecule has 1 aromatic carbocycles. The summed E-state index contributed by atoms with van der Waals surface area (Å²) in [4.78, 5) is 13.8. The molecule has 1 rings (SSSR count). The number of rotatable bonds is 6. The molecule has 1 atom stereocenters. The Kier molecular flexibility index (Phi) is 5.79. The van der Waals surface area contributed by atoms with E-state index < -0.39 is 6.10 Å². The highest BCUT2D eigenvalue weighted by Gasteiger charge is 2.18. The van der Waals surface area contributed by atoms with Gasteiger partial charge in [0, 0.05) is 33.4 Å². The molecule has 0 aliphatic carbocycles. The van der Waals surface area contributed by atoms with Crippen molar-refractivity contribution in [1.29, 1.82) is 0 Å². The summed E-state index contributed by atoms with van der Waals surface area (Å²) in [7, 11) is 4.97. The van der Waals surface area contributed by atoms with Crippen LogP contribution in [0.4, 0.5) is 5.69 Å². The monoisotopic (exact) mass is 266 g/mol. The van der Waals surface area contributed by atoms with E-state index in [1.54, 1.807) is 14.1 Å². The van der Waals surface area contributed by atoms with E-state index >= 15 is 0 Å². The summed E-state index contributed by atoms with van der Waals surface area (Å²) in [6.07, 6.45) is -0.679. The highest BCUT2D eigenvalue weighted by molar-refractivity contribution is 5.99. The van der Waals surface area contributed by atoms with Crippen molar-refractivity contribution in [3.8, 4) is 0 Å². The van der Waals surface area contributed by atoms with Crippen LogP contribution in [0.5, 0.6) is 0 Å². The third-order valence-corrected chi connectivity index (χ3v) is 2.87. The van der Waals surface area contributed by atoms with Gasteiger partial charge in [-0.25, -0.2) is 0 Å². The van der Waals surface area contributed by atoms with Crippen molar-refractivity contribution in [2.24, 2.45) is 0 Å². The maximum absolute atomic E-state index is 12.4. The largest absolute Gasteiger partial charge is 0.389 e. The number of carbonyl (C=O) groups is 1. The number of ether oxygens (including phenoxy) is 1. The number of likely N-dealkylation sites (N-methyl/N-ethyl adjacent to an activating group) is 1. The fraction of sp³-hybridized carbons (Fsp3) is 0.500. The molecule has 0 aliphatic rings. The van der Waals surface area contributed by atoms with Crippen LogP contribution in [-0.2, 0) is 4.74 Å². The first-order valence-electron chi connectivity index (χ1n) is 6.20. The number of aryl methyl sites for hydroxylation is 1. The summed E-state index contributed by atoms with van der Waals surface area (Å²) in [5.41, 5.74) is 2.41. The number of methoxy groups -OCH3 is 1. The molecule has 0 spiro atoms. The second kappa shape index (κ2) is 7.11. The van der Waals surface area contributed by atoms with Crippen LogP contribution in [0, 0.1) is 6.92 Å². The maximum Gasteiger partial charge on any atom is 0.255 e. The van der Waals surface area contributed by atoms with Gasteiger partial charge in [0.25, 0.3) is 5.91 Å². The highest BCUT2D eigenvalue weighted by Crippen LogP contribution is 2.18. The third kappa shape index (κ3) is 4.22. The molecule has 2 N–H and O–H groups in total. The molecule has 1 unspecified atom stereocenters. The van der Waals surface area contributed by atoms with Gasteiger partial charge < -0.3 is 20.1 Å². The van der Waals surface area contributed by atoms with Gasteiger partial charge in [-0.05, 0) is 19.1 Å². The minimum absolute atomic E-state index is 0.122. The summed E-state index contributed by atoms with van der Waals surface area (Å²) in [6.45, 7) is 2.39. The Morgan fingerprint density at radius 1 is 1.53 bits per heavy atom. The minimum atomic E-state index is -0.679. The van der Waals surface area contributed by atoms with E-state index in [4.69, 9.17) is 4.74 Å². The molecule has 0 saturated heterocycles. The minimum Gasteiger partial charge on any atom is -0.389 e. The standard InChI is InChI=1S/C14H22N2O3/c1-10-5-6-13(15-2)12(7-10)14(18)16(3)8-11(17)9-19-4/h5-7,11,15,17H,8-9H2,1-4H3. The van der Waals surface area contributed by atoms with E-state index in [-0.39, 0.29) is 19.1 Å². The van der Waals surface area contributed by atoms with Crippen LogP contribution in [-0.4, -0.2) is 56.4 Å². The van der Waals surface area contributed by atoms with E-state index in [0.717, 1.165) is 11.3 Å². The van der Waals surface area contributed by atoms with Crippen LogP contribution in [0.2, 0.25) is 0 Å². The normalized spacial score (nSPS) is 12.1. The number of amides is 1. The Morgan fingerprint density at radius 3 is 2.79 bits per heavy atom. The van der Waals surface area contributed by atoms with Crippen molar-refractivity contribution in [2.75, 3.05) is 39.7 Å². The van der Waals surface area contributed by atoms with E-state index in [0.29, 0.717) is 5.56 Å². The molecule has 106 valence electrons. The van der Waals surface area contributed by atoms with Crippen molar-refractivity contribution in [1.82, 2.24) is 4.90 Å². The molecule has 1 aromatic rings. The summed E-state index contributed by atoms with van der Waals surface area (Å²) in [5.74, 6) is -0.122. The number of aliphatic hydroxyl groups excluding tert-OH is 1. The zero-order valence-corrected chi connectivity index (χ0v) is 11.9. The van der Waals surface area contributed by atoms with E-state index in [1.165, 1.54) is 12.0 Å². The summed E-state index contributed by atoms with van der Waals surface area (Å²) < 4.78 is 4.85. The molecule has 0 bridgehead atoms. The Bertz CT molecular complexity index is 435. The fourth-order valence-corrected chi connectivity index (χ4v) is 1.90. The van der Waals surface area contributed by atoms with Crippen molar-refractivity contribution in [3.63, 3.8) is 0 Å². The average Bonchev–Trinajstić information content (AvgIpc) is 2.37. The average molecular weight is 266 g/mol. The van der Waals surface area contributed by atoms with Crippen LogP contribution < -0.4 is 5.32 Å². The van der Waals surface area contributed by atoms with Gasteiger partial charge in [0.15, 0.2) is 0 Å². The van der Waals surface area contributed by atoms with E-state index in [9.17, 15) is 9.90 Å². The number of anilines is 1. The summed E-state index contributed by atoms with van der Waals surface area (Å²) in [6, 6.07) is 5.66. The molecular weight excluding hydrogens is 244 g/mol. The number of nitrogens with zero attached hydrogens (tertiary/aromatic N) is 1. The van der Waals surface area contributed by atoms with Crippen LogP contribution in [0.3, 0.4) is 0 Å². The first-order chi connectivity index (χ1) is 8.99. The zero-order valence-electron chi connectivity index (χ0n) is 11.9. The van der Waals surface area contributed by atoms with Crippen LogP contribution in [0.1, 0.15) is 15.9 Å². The van der Waals surface area contributed by atoms with Crippen molar-refractivity contribution >= 4 is 11.6 Å². The molecule has 5 nitrogen and oxygen atoms in total. The number of hydrogen-bond acceptors (Lipinski definition) is 4. The molecule has 0 radical (unpaired) electrons. The number of hydrogen-bond donors (Lipinski definition) is 2. The van der Waals surface area contributed by atoms with Crippen molar-refractivity contribution in [3.05, 3.63) is 29.3 Å². The van der Waals surface area contributed by atoms with Gasteiger partial charge in [0.1, 0.15) is 0 Å². The molecule has 5 heteroatoms. The Labute approximate surface area is 114 Å². The lowest BCUT2D eigenvalue weighted by Crippen LogP contribution is -2.36. The maximum atomic E-state index is 12.4. The SMILES string of the molecule is CNc1ccc(C)cc1C(=O)N(C)CC(O)COC. The molecule has 0 aromatic heterocycles. The predicted octanol–water partition coefficient (Wildman–Crippen LogP) is 1.12. The molecule has 0 saturated carbocycles. The fourth-order valence-electron chi connectivity index (χ4n) is 1.90.